The van der Waals surface area contributed by atoms with Crippen LogP contribution in [0.5, 0.6) is 5.75 Å². The summed E-state index contributed by atoms with van der Waals surface area (Å²) in [6, 6.07) is 9.36. The van der Waals surface area contributed by atoms with E-state index in [9.17, 15) is 8.78 Å². The van der Waals surface area contributed by atoms with Crippen molar-refractivity contribution in [2.75, 3.05) is 6.61 Å². The summed E-state index contributed by atoms with van der Waals surface area (Å²) in [5, 5.41) is 0.598. The van der Waals surface area contributed by atoms with E-state index in [-0.39, 0.29) is 12.2 Å². The van der Waals surface area contributed by atoms with Gasteiger partial charge in [-0.15, -0.1) is 0 Å². The van der Waals surface area contributed by atoms with E-state index in [1.165, 1.54) is 12.1 Å². The van der Waals surface area contributed by atoms with Gasteiger partial charge in [0.15, 0.2) is 0 Å². The molecule has 2 aromatic carbocycles. The van der Waals surface area contributed by atoms with Crippen LogP contribution in [0.1, 0.15) is 11.6 Å². The predicted octanol–water partition coefficient (Wildman–Crippen LogP) is 3.70. The molecule has 2 rings (SSSR count). The average Bonchev–Trinajstić information content (AvgIpc) is 2.37. The lowest BCUT2D eigenvalue weighted by Crippen LogP contribution is -2.20. The van der Waals surface area contributed by atoms with Gasteiger partial charge >= 0.3 is 0 Å². The maximum Gasteiger partial charge on any atom is 0.131 e. The van der Waals surface area contributed by atoms with Gasteiger partial charge in [-0.3, -0.25) is 0 Å². The smallest absolute Gasteiger partial charge is 0.131 e. The Hall–Kier alpha value is -1.65. The van der Waals surface area contributed by atoms with Crippen LogP contribution in [-0.2, 0) is 0 Å². The lowest BCUT2D eigenvalue weighted by atomic mass is 10.1. The van der Waals surface area contributed by atoms with E-state index >= 15 is 0 Å². The second-order valence-electron chi connectivity index (χ2n) is 4.04. The molecule has 1 atom stereocenters. The number of nitrogens with two attached hydrogens (primary N) is 1. The molecule has 0 aromatic heterocycles. The lowest BCUT2D eigenvalue weighted by molar-refractivity contribution is 0.287. The average molecular weight is 284 g/mol. The van der Waals surface area contributed by atoms with E-state index in [2.05, 4.69) is 0 Å². The quantitative estimate of drug-likeness (QED) is 0.929. The molecule has 0 radical (unpaired) electrons. The molecular formula is C14H12ClF2NO. The fourth-order valence-electron chi connectivity index (χ4n) is 1.61. The largest absolute Gasteiger partial charge is 0.492 e. The second-order valence-corrected chi connectivity index (χ2v) is 4.47. The van der Waals surface area contributed by atoms with Crippen molar-refractivity contribution in [2.24, 2.45) is 5.73 Å². The Morgan fingerprint density at radius 3 is 2.42 bits per heavy atom. The highest BCUT2D eigenvalue weighted by Crippen LogP contribution is 2.19. The van der Waals surface area contributed by atoms with Crippen molar-refractivity contribution in [1.29, 1.82) is 0 Å². The lowest BCUT2D eigenvalue weighted by Gasteiger charge is -2.14. The van der Waals surface area contributed by atoms with Crippen molar-refractivity contribution in [3.8, 4) is 5.75 Å². The molecule has 0 spiro atoms. The van der Waals surface area contributed by atoms with Crippen LogP contribution >= 0.6 is 11.6 Å². The first-order chi connectivity index (χ1) is 9.06. The molecule has 1 unspecified atom stereocenters. The van der Waals surface area contributed by atoms with E-state index in [1.54, 1.807) is 24.3 Å². The molecule has 100 valence electrons. The predicted molar refractivity (Wildman–Crippen MR) is 70.2 cm³/mol. The summed E-state index contributed by atoms with van der Waals surface area (Å²) in [5.74, 6) is -0.721. The molecule has 0 saturated heterocycles. The molecule has 0 aliphatic carbocycles. The Bertz CT molecular complexity index is 560. The minimum atomic E-state index is -0.674. The molecule has 0 aliphatic heterocycles. The Labute approximate surface area is 114 Å². The van der Waals surface area contributed by atoms with Crippen LogP contribution in [0.15, 0.2) is 42.5 Å². The van der Waals surface area contributed by atoms with Gasteiger partial charge in [0.05, 0.1) is 6.04 Å². The topological polar surface area (TPSA) is 35.2 Å². The highest BCUT2D eigenvalue weighted by Gasteiger charge is 2.13. The summed E-state index contributed by atoms with van der Waals surface area (Å²) in [7, 11) is 0. The number of rotatable bonds is 4. The van der Waals surface area contributed by atoms with Crippen molar-refractivity contribution in [1.82, 2.24) is 0 Å². The summed E-state index contributed by atoms with van der Waals surface area (Å²) in [6.07, 6.45) is 0. The Morgan fingerprint density at radius 2 is 1.79 bits per heavy atom. The monoisotopic (exact) mass is 283 g/mol. The van der Waals surface area contributed by atoms with Crippen molar-refractivity contribution >= 4 is 11.6 Å². The first kappa shape index (κ1) is 13.8. The van der Waals surface area contributed by atoms with Gasteiger partial charge in [-0.2, -0.15) is 0 Å². The van der Waals surface area contributed by atoms with Gasteiger partial charge in [0, 0.05) is 16.7 Å². The maximum absolute atomic E-state index is 13.5. The summed E-state index contributed by atoms with van der Waals surface area (Å²) in [5.41, 5.74) is 6.03. The summed E-state index contributed by atoms with van der Waals surface area (Å²) in [4.78, 5) is 0. The highest BCUT2D eigenvalue weighted by atomic mass is 35.5. The molecule has 19 heavy (non-hydrogen) atoms. The summed E-state index contributed by atoms with van der Waals surface area (Å²) >= 11 is 5.74. The van der Waals surface area contributed by atoms with Crippen LogP contribution in [-0.4, -0.2) is 6.61 Å². The van der Waals surface area contributed by atoms with Gasteiger partial charge < -0.3 is 10.5 Å². The Morgan fingerprint density at radius 1 is 1.11 bits per heavy atom. The Balaban J connectivity index is 2.01. The van der Waals surface area contributed by atoms with E-state index in [1.807, 2.05) is 0 Å². The number of benzene rings is 2. The molecule has 2 aromatic rings. The van der Waals surface area contributed by atoms with E-state index in [0.29, 0.717) is 10.8 Å². The first-order valence-electron chi connectivity index (χ1n) is 5.65. The van der Waals surface area contributed by atoms with Gasteiger partial charge in [0.1, 0.15) is 24.0 Å². The maximum atomic E-state index is 13.5. The third kappa shape index (κ3) is 3.66. The number of hydrogen-bond acceptors (Lipinski definition) is 2. The molecule has 2 N–H and O–H groups in total. The third-order valence-corrected chi connectivity index (χ3v) is 2.86. The second kappa shape index (κ2) is 5.99. The first-order valence-corrected chi connectivity index (χ1v) is 6.03. The van der Waals surface area contributed by atoms with Gasteiger partial charge in [-0.05, 0) is 30.3 Å². The van der Waals surface area contributed by atoms with Gasteiger partial charge in [0.2, 0.25) is 0 Å². The standard InChI is InChI=1S/C14H12ClF2NO/c15-9-1-4-11(5-2-9)19-8-14(18)12-6-3-10(16)7-13(12)17/h1-7,14H,8,18H2. The Kier molecular flexibility index (Phi) is 4.35. The summed E-state index contributed by atoms with van der Waals surface area (Å²) < 4.78 is 31.7. The molecule has 0 fully saturated rings. The van der Waals surface area contributed by atoms with Gasteiger partial charge in [-0.1, -0.05) is 17.7 Å². The SMILES string of the molecule is NC(COc1ccc(Cl)cc1)c1ccc(F)cc1F. The van der Waals surface area contributed by atoms with Gasteiger partial charge in [-0.25, -0.2) is 8.78 Å². The van der Waals surface area contributed by atoms with Crippen molar-refractivity contribution in [3.05, 3.63) is 64.7 Å². The third-order valence-electron chi connectivity index (χ3n) is 2.61. The van der Waals surface area contributed by atoms with E-state index in [4.69, 9.17) is 22.1 Å². The van der Waals surface area contributed by atoms with Crippen molar-refractivity contribution in [3.63, 3.8) is 0 Å². The molecule has 0 bridgehead atoms. The van der Waals surface area contributed by atoms with E-state index in [0.717, 1.165) is 6.07 Å². The summed E-state index contributed by atoms with van der Waals surface area (Å²) in [6.45, 7) is 0.0875. The molecular weight excluding hydrogens is 272 g/mol. The molecule has 2 nitrogen and oxygen atoms in total. The fourth-order valence-corrected chi connectivity index (χ4v) is 1.73. The van der Waals surface area contributed by atoms with Crippen molar-refractivity contribution < 1.29 is 13.5 Å². The van der Waals surface area contributed by atoms with Gasteiger partial charge in [0.25, 0.3) is 0 Å². The highest BCUT2D eigenvalue weighted by molar-refractivity contribution is 6.30. The number of halogens is 3. The van der Waals surface area contributed by atoms with Crippen LogP contribution in [0.2, 0.25) is 5.02 Å². The van der Waals surface area contributed by atoms with Crippen LogP contribution in [0.25, 0.3) is 0 Å². The molecule has 0 amide bonds. The molecule has 0 aliphatic rings. The zero-order valence-corrected chi connectivity index (χ0v) is 10.7. The minimum Gasteiger partial charge on any atom is -0.492 e. The minimum absolute atomic E-state index is 0.0875. The molecule has 5 heteroatoms. The van der Waals surface area contributed by atoms with Crippen LogP contribution < -0.4 is 10.5 Å². The number of hydrogen-bond donors (Lipinski definition) is 1. The number of ether oxygens (including phenoxy) is 1. The van der Waals surface area contributed by atoms with E-state index < -0.39 is 17.7 Å². The zero-order chi connectivity index (χ0) is 13.8. The van der Waals surface area contributed by atoms with Crippen molar-refractivity contribution in [2.45, 2.75) is 6.04 Å². The van der Waals surface area contributed by atoms with Crippen LogP contribution in [0, 0.1) is 11.6 Å². The van der Waals surface area contributed by atoms with Crippen LogP contribution in [0.3, 0.4) is 0 Å². The fraction of sp³-hybridized carbons (Fsp3) is 0.143. The molecule has 0 heterocycles. The zero-order valence-electron chi connectivity index (χ0n) is 9.95. The normalized spacial score (nSPS) is 12.2. The molecule has 0 saturated carbocycles. The van der Waals surface area contributed by atoms with Crippen LogP contribution in [0.4, 0.5) is 8.78 Å².